The largest absolute Gasteiger partial charge is 0.480 e. The van der Waals surface area contributed by atoms with E-state index >= 15 is 0 Å². The van der Waals surface area contributed by atoms with E-state index in [0.29, 0.717) is 26.0 Å². The Labute approximate surface area is 223 Å². The number of carboxylic acids is 1. The van der Waals surface area contributed by atoms with Crippen LogP contribution in [0, 0.1) is 0 Å². The highest BCUT2D eigenvalue weighted by molar-refractivity contribution is 5.83. The van der Waals surface area contributed by atoms with E-state index in [4.69, 9.17) is 15.9 Å². The van der Waals surface area contributed by atoms with Gasteiger partial charge in [0, 0.05) is 13.0 Å². The molecule has 5 N–H and O–H groups in total. The lowest BCUT2D eigenvalue weighted by Gasteiger charge is -2.14. The summed E-state index contributed by atoms with van der Waals surface area (Å²) < 4.78 is 0. The highest BCUT2D eigenvalue weighted by atomic mass is 16.4. The molecule has 36 heavy (non-hydrogen) atoms. The van der Waals surface area contributed by atoms with Crippen LogP contribution in [0.15, 0.2) is 0 Å². The van der Waals surface area contributed by atoms with Crippen molar-refractivity contribution in [1.29, 1.82) is 0 Å². The second-order valence-corrected chi connectivity index (χ2v) is 10.2. The van der Waals surface area contributed by atoms with Crippen LogP contribution in [0.1, 0.15) is 162 Å². The molecule has 0 aromatic carbocycles. The lowest BCUT2D eigenvalue weighted by molar-refractivity contribution is -0.142. The first-order chi connectivity index (χ1) is 17.5. The molecule has 0 saturated heterocycles. The molecule has 0 rings (SSSR count). The minimum absolute atomic E-state index is 0.145. The zero-order valence-electron chi connectivity index (χ0n) is 24.0. The number of hydrogen-bond acceptors (Lipinski definition) is 4. The Morgan fingerprint density at radius 3 is 1.44 bits per heavy atom. The molecule has 0 saturated carbocycles. The van der Waals surface area contributed by atoms with Crippen LogP contribution in [-0.4, -0.2) is 41.3 Å². The summed E-state index contributed by atoms with van der Waals surface area (Å²) in [5, 5.41) is 20.3. The van der Waals surface area contributed by atoms with Gasteiger partial charge in [-0.1, -0.05) is 123 Å². The molecule has 0 spiro atoms. The van der Waals surface area contributed by atoms with Crippen molar-refractivity contribution in [2.24, 2.45) is 5.73 Å². The van der Waals surface area contributed by atoms with Gasteiger partial charge in [0.15, 0.2) is 0 Å². The summed E-state index contributed by atoms with van der Waals surface area (Å²) in [5.41, 5.74) is 5.40. The molecule has 0 aliphatic carbocycles. The van der Waals surface area contributed by atoms with Gasteiger partial charge >= 0.3 is 5.97 Å². The van der Waals surface area contributed by atoms with Crippen LogP contribution in [-0.2, 0) is 9.59 Å². The lowest BCUT2D eigenvalue weighted by Crippen LogP contribution is -2.40. The molecule has 1 atom stereocenters. The van der Waals surface area contributed by atoms with E-state index in [1.54, 1.807) is 0 Å². The number of carbonyl (C=O) groups excluding carboxylic acids is 1. The second kappa shape index (κ2) is 31.9. The molecule has 0 aliphatic heterocycles. The van der Waals surface area contributed by atoms with E-state index in [1.165, 1.54) is 96.3 Å². The molecule has 0 radical (unpaired) electrons. The quantitative estimate of drug-likeness (QED) is 0.0892. The summed E-state index contributed by atoms with van der Waals surface area (Å²) >= 11 is 0. The lowest BCUT2D eigenvalue weighted by atomic mass is 10.1. The van der Waals surface area contributed by atoms with Gasteiger partial charge in [0.1, 0.15) is 6.04 Å². The predicted molar refractivity (Wildman–Crippen MR) is 153 cm³/mol. The van der Waals surface area contributed by atoms with E-state index in [1.807, 2.05) is 0 Å². The summed E-state index contributed by atoms with van der Waals surface area (Å²) in [6, 6.07) is -0.771. The number of nitrogens with one attached hydrogen (secondary N) is 1. The Morgan fingerprint density at radius 1 is 0.639 bits per heavy atom. The van der Waals surface area contributed by atoms with Crippen LogP contribution in [0.2, 0.25) is 0 Å². The van der Waals surface area contributed by atoms with Crippen molar-refractivity contribution in [2.45, 2.75) is 168 Å². The maximum Gasteiger partial charge on any atom is 0.326 e. The summed E-state index contributed by atoms with van der Waals surface area (Å²) in [5.74, 6) is -1.10. The van der Waals surface area contributed by atoms with Crippen molar-refractivity contribution >= 4 is 11.9 Å². The van der Waals surface area contributed by atoms with Crippen molar-refractivity contribution in [3.63, 3.8) is 0 Å². The number of aliphatic hydroxyl groups excluding tert-OH is 1. The van der Waals surface area contributed by atoms with Crippen LogP contribution < -0.4 is 11.1 Å². The normalized spacial score (nSPS) is 11.6. The maximum absolute atomic E-state index is 11.8. The molecule has 0 fully saturated rings. The van der Waals surface area contributed by atoms with Gasteiger partial charge in [-0.2, -0.15) is 0 Å². The summed E-state index contributed by atoms with van der Waals surface area (Å²) in [4.78, 5) is 22.9. The fraction of sp³-hybridized carbons (Fsp3) is 0.933. The number of amides is 1. The van der Waals surface area contributed by atoms with Gasteiger partial charge in [-0.05, 0) is 38.6 Å². The molecule has 0 bridgehead atoms. The molecule has 0 heterocycles. The second-order valence-electron chi connectivity index (χ2n) is 10.2. The highest BCUT2D eigenvalue weighted by Gasteiger charge is 2.18. The summed E-state index contributed by atoms with van der Waals surface area (Å²) in [6.45, 7) is 5.41. The molecule has 1 unspecified atom stereocenters. The number of carbonyl (C=O) groups is 2. The SMILES string of the molecule is CCCCCCCCCCCC(=O)NC(CCCCN)C(=O)O.CCCCCCCCCCCCO. The van der Waals surface area contributed by atoms with Crippen molar-refractivity contribution in [1.82, 2.24) is 5.32 Å². The van der Waals surface area contributed by atoms with Crippen molar-refractivity contribution in [2.75, 3.05) is 13.2 Å². The van der Waals surface area contributed by atoms with E-state index in [-0.39, 0.29) is 5.91 Å². The fourth-order valence-corrected chi connectivity index (χ4v) is 4.21. The first-order valence-corrected chi connectivity index (χ1v) is 15.4. The Morgan fingerprint density at radius 2 is 1.06 bits per heavy atom. The van der Waals surface area contributed by atoms with Crippen LogP contribution >= 0.6 is 0 Å². The van der Waals surface area contributed by atoms with Gasteiger partial charge in [-0.25, -0.2) is 4.79 Å². The minimum Gasteiger partial charge on any atom is -0.480 e. The number of carboxylic acid groups (broad SMARTS) is 1. The molecule has 6 nitrogen and oxygen atoms in total. The van der Waals surface area contributed by atoms with Crippen molar-refractivity contribution in [3.8, 4) is 0 Å². The van der Waals surface area contributed by atoms with Gasteiger partial charge in [0.2, 0.25) is 5.91 Å². The molecular weight excluding hydrogens is 452 g/mol. The van der Waals surface area contributed by atoms with Crippen LogP contribution in [0.3, 0.4) is 0 Å². The first kappa shape index (κ1) is 37.0. The summed E-state index contributed by atoms with van der Waals surface area (Å²) in [6.07, 6.45) is 26.5. The smallest absolute Gasteiger partial charge is 0.326 e. The number of aliphatic carboxylic acids is 1. The van der Waals surface area contributed by atoms with Crippen molar-refractivity contribution < 1.29 is 19.8 Å². The van der Waals surface area contributed by atoms with Gasteiger partial charge in [0.25, 0.3) is 0 Å². The third-order valence-corrected chi connectivity index (χ3v) is 6.60. The zero-order valence-corrected chi connectivity index (χ0v) is 24.0. The summed E-state index contributed by atoms with van der Waals surface area (Å²) in [7, 11) is 0. The van der Waals surface area contributed by atoms with Gasteiger partial charge in [0.05, 0.1) is 0 Å². The Balaban J connectivity index is 0. The topological polar surface area (TPSA) is 113 Å². The molecule has 0 aliphatic rings. The maximum atomic E-state index is 11.8. The van der Waals surface area contributed by atoms with Crippen LogP contribution in [0.25, 0.3) is 0 Å². The molecular formula is C30H62N2O4. The number of rotatable bonds is 26. The molecule has 1 amide bonds. The van der Waals surface area contributed by atoms with E-state index < -0.39 is 12.0 Å². The Bertz CT molecular complexity index is 450. The Hall–Kier alpha value is -1.14. The number of aliphatic hydroxyl groups is 1. The third-order valence-electron chi connectivity index (χ3n) is 6.60. The first-order valence-electron chi connectivity index (χ1n) is 15.4. The Kier molecular flexibility index (Phi) is 32.8. The standard InChI is InChI=1S/C18H36N2O3.C12H26O/c1-2-3-4-5-6-7-8-9-10-14-17(21)20-16(18(22)23)13-11-12-15-19;1-2-3-4-5-6-7-8-9-10-11-12-13/h16H,2-15,19H2,1H3,(H,20,21)(H,22,23);13H,2-12H2,1H3. The number of hydrogen-bond donors (Lipinski definition) is 4. The zero-order chi connectivity index (χ0) is 27.1. The average Bonchev–Trinajstić information content (AvgIpc) is 2.86. The van der Waals surface area contributed by atoms with E-state index in [2.05, 4.69) is 19.2 Å². The molecule has 216 valence electrons. The average molecular weight is 515 g/mol. The number of unbranched alkanes of at least 4 members (excludes halogenated alkanes) is 18. The van der Waals surface area contributed by atoms with Crippen LogP contribution in [0.4, 0.5) is 0 Å². The van der Waals surface area contributed by atoms with Gasteiger partial charge in [-0.3, -0.25) is 4.79 Å². The number of nitrogens with two attached hydrogens (primary N) is 1. The van der Waals surface area contributed by atoms with E-state index in [9.17, 15) is 9.59 Å². The van der Waals surface area contributed by atoms with Crippen molar-refractivity contribution in [3.05, 3.63) is 0 Å². The van der Waals surface area contributed by atoms with Crippen LogP contribution in [0.5, 0.6) is 0 Å². The monoisotopic (exact) mass is 514 g/mol. The molecule has 0 aromatic rings. The van der Waals surface area contributed by atoms with E-state index in [0.717, 1.165) is 38.5 Å². The third kappa shape index (κ3) is 30.9. The van der Waals surface area contributed by atoms with Gasteiger partial charge in [-0.15, -0.1) is 0 Å². The molecule has 6 heteroatoms. The molecule has 0 aromatic heterocycles. The highest BCUT2D eigenvalue weighted by Crippen LogP contribution is 2.11. The van der Waals surface area contributed by atoms with Gasteiger partial charge < -0.3 is 21.3 Å². The predicted octanol–water partition coefficient (Wildman–Crippen LogP) is 7.51. The minimum atomic E-state index is -0.956. The fourth-order valence-electron chi connectivity index (χ4n) is 4.21.